The summed E-state index contributed by atoms with van der Waals surface area (Å²) in [5, 5.41) is 3.86. The SMILES string of the molecule is Cc1noc(C)c1COC(=O)c1ccc(CN2C[C@H](C)O[C@@H](C)C2)cc1. The van der Waals surface area contributed by atoms with Crippen molar-refractivity contribution in [3.05, 3.63) is 52.4 Å². The minimum Gasteiger partial charge on any atom is -0.457 e. The number of carbonyl (C=O) groups is 1. The summed E-state index contributed by atoms with van der Waals surface area (Å²) in [6.45, 7) is 10.7. The summed E-state index contributed by atoms with van der Waals surface area (Å²) in [5.41, 5.74) is 3.29. The molecular weight excluding hydrogens is 332 g/mol. The molecule has 1 aromatic heterocycles. The Morgan fingerprint density at radius 3 is 2.42 bits per heavy atom. The molecule has 0 spiro atoms. The van der Waals surface area contributed by atoms with Gasteiger partial charge < -0.3 is 14.0 Å². The van der Waals surface area contributed by atoms with Crippen LogP contribution in [-0.2, 0) is 22.6 Å². The zero-order chi connectivity index (χ0) is 18.7. The molecule has 6 heteroatoms. The van der Waals surface area contributed by atoms with Gasteiger partial charge in [0.25, 0.3) is 0 Å². The number of nitrogens with zero attached hydrogens (tertiary/aromatic N) is 2. The second-order valence-corrected chi connectivity index (χ2v) is 7.03. The van der Waals surface area contributed by atoms with E-state index in [1.807, 2.05) is 38.1 Å². The molecule has 6 nitrogen and oxygen atoms in total. The smallest absolute Gasteiger partial charge is 0.338 e. The monoisotopic (exact) mass is 358 g/mol. The highest BCUT2D eigenvalue weighted by Gasteiger charge is 2.22. The van der Waals surface area contributed by atoms with Crippen LogP contribution in [0.25, 0.3) is 0 Å². The van der Waals surface area contributed by atoms with Crippen LogP contribution in [-0.4, -0.2) is 41.3 Å². The summed E-state index contributed by atoms with van der Waals surface area (Å²) < 4.78 is 16.2. The van der Waals surface area contributed by atoms with Crippen molar-refractivity contribution < 1.29 is 18.8 Å². The fraction of sp³-hybridized carbons (Fsp3) is 0.500. The van der Waals surface area contributed by atoms with Gasteiger partial charge in [-0.1, -0.05) is 17.3 Å². The van der Waals surface area contributed by atoms with Gasteiger partial charge in [-0.3, -0.25) is 4.90 Å². The Kier molecular flexibility index (Phi) is 5.74. The summed E-state index contributed by atoms with van der Waals surface area (Å²) in [6, 6.07) is 7.60. The first kappa shape index (κ1) is 18.6. The quantitative estimate of drug-likeness (QED) is 0.765. The lowest BCUT2D eigenvalue weighted by Crippen LogP contribution is -2.44. The molecule has 2 atom stereocenters. The maximum atomic E-state index is 12.2. The number of rotatable bonds is 5. The molecule has 0 unspecified atom stereocenters. The Morgan fingerprint density at radius 1 is 1.19 bits per heavy atom. The van der Waals surface area contributed by atoms with Crippen molar-refractivity contribution in [2.24, 2.45) is 0 Å². The third-order valence-corrected chi connectivity index (χ3v) is 4.62. The van der Waals surface area contributed by atoms with Crippen LogP contribution in [0.1, 0.15) is 46.8 Å². The van der Waals surface area contributed by atoms with E-state index in [1.165, 1.54) is 5.56 Å². The normalized spacial score (nSPS) is 20.9. The first-order chi connectivity index (χ1) is 12.4. The van der Waals surface area contributed by atoms with Crippen molar-refractivity contribution in [3.8, 4) is 0 Å². The molecular formula is C20H26N2O4. The Bertz CT molecular complexity index is 724. The van der Waals surface area contributed by atoms with Crippen LogP contribution < -0.4 is 0 Å². The molecule has 1 aromatic carbocycles. The van der Waals surface area contributed by atoms with Gasteiger partial charge in [-0.05, 0) is 45.4 Å². The number of ether oxygens (including phenoxy) is 2. The van der Waals surface area contributed by atoms with Crippen LogP contribution in [0, 0.1) is 13.8 Å². The molecule has 2 aromatic rings. The molecule has 0 N–H and O–H groups in total. The molecule has 1 fully saturated rings. The maximum absolute atomic E-state index is 12.2. The number of carbonyl (C=O) groups excluding carboxylic acids is 1. The van der Waals surface area contributed by atoms with E-state index in [1.54, 1.807) is 0 Å². The van der Waals surface area contributed by atoms with Crippen LogP contribution >= 0.6 is 0 Å². The zero-order valence-electron chi connectivity index (χ0n) is 15.8. The summed E-state index contributed by atoms with van der Waals surface area (Å²) in [6.07, 6.45) is 0.495. The first-order valence-electron chi connectivity index (χ1n) is 8.98. The summed E-state index contributed by atoms with van der Waals surface area (Å²) >= 11 is 0. The lowest BCUT2D eigenvalue weighted by atomic mass is 10.1. The highest BCUT2D eigenvalue weighted by Crippen LogP contribution is 2.17. The predicted molar refractivity (Wildman–Crippen MR) is 96.8 cm³/mol. The van der Waals surface area contributed by atoms with E-state index in [4.69, 9.17) is 14.0 Å². The van der Waals surface area contributed by atoms with Crippen molar-refractivity contribution in [2.75, 3.05) is 13.1 Å². The molecule has 0 aliphatic carbocycles. The molecule has 1 aliphatic heterocycles. The number of aryl methyl sites for hydroxylation is 2. The number of morpholine rings is 1. The van der Waals surface area contributed by atoms with E-state index in [-0.39, 0.29) is 24.8 Å². The maximum Gasteiger partial charge on any atom is 0.338 e. The lowest BCUT2D eigenvalue weighted by Gasteiger charge is -2.35. The number of hydrogen-bond donors (Lipinski definition) is 0. The Labute approximate surface area is 154 Å². The third-order valence-electron chi connectivity index (χ3n) is 4.62. The van der Waals surface area contributed by atoms with E-state index in [2.05, 4.69) is 23.9 Å². The molecule has 0 saturated carbocycles. The van der Waals surface area contributed by atoms with Gasteiger partial charge in [-0.15, -0.1) is 0 Å². The first-order valence-corrected chi connectivity index (χ1v) is 8.98. The molecule has 0 radical (unpaired) electrons. The van der Waals surface area contributed by atoms with E-state index in [0.29, 0.717) is 11.3 Å². The van der Waals surface area contributed by atoms with Gasteiger partial charge in [0, 0.05) is 19.6 Å². The van der Waals surface area contributed by atoms with Crippen LogP contribution in [0.4, 0.5) is 0 Å². The van der Waals surface area contributed by atoms with E-state index in [0.717, 1.165) is 30.9 Å². The molecule has 0 amide bonds. The highest BCUT2D eigenvalue weighted by molar-refractivity contribution is 5.89. The summed E-state index contributed by atoms with van der Waals surface area (Å²) in [7, 11) is 0. The number of hydrogen-bond acceptors (Lipinski definition) is 6. The minimum absolute atomic E-state index is 0.172. The van der Waals surface area contributed by atoms with Crippen LogP contribution in [0.5, 0.6) is 0 Å². The van der Waals surface area contributed by atoms with Crippen molar-refractivity contribution >= 4 is 5.97 Å². The Hall–Kier alpha value is -2.18. The standard InChI is InChI=1S/C20H26N2O4/c1-13-9-22(10-14(2)25-13)11-17-5-7-18(8-6-17)20(23)24-12-19-15(3)21-26-16(19)4/h5-8,13-14H,9-12H2,1-4H3/t13-,14-/m0/s1. The van der Waals surface area contributed by atoms with E-state index in [9.17, 15) is 4.79 Å². The average molecular weight is 358 g/mol. The molecule has 1 saturated heterocycles. The van der Waals surface area contributed by atoms with Crippen LogP contribution in [0.15, 0.2) is 28.8 Å². The Morgan fingerprint density at radius 2 is 1.85 bits per heavy atom. The summed E-state index contributed by atoms with van der Waals surface area (Å²) in [5.74, 6) is 0.338. The van der Waals surface area contributed by atoms with Crippen molar-refractivity contribution in [1.82, 2.24) is 10.1 Å². The van der Waals surface area contributed by atoms with Crippen LogP contribution in [0.2, 0.25) is 0 Å². The fourth-order valence-electron chi connectivity index (χ4n) is 3.35. The van der Waals surface area contributed by atoms with Crippen LogP contribution in [0.3, 0.4) is 0 Å². The number of esters is 1. The van der Waals surface area contributed by atoms with E-state index >= 15 is 0 Å². The Balaban J connectivity index is 1.56. The van der Waals surface area contributed by atoms with Crippen molar-refractivity contribution in [2.45, 2.75) is 53.1 Å². The molecule has 2 heterocycles. The van der Waals surface area contributed by atoms with E-state index < -0.39 is 0 Å². The van der Waals surface area contributed by atoms with Gasteiger partial charge in [-0.25, -0.2) is 4.79 Å². The van der Waals surface area contributed by atoms with Gasteiger partial charge in [0.1, 0.15) is 12.4 Å². The van der Waals surface area contributed by atoms with Gasteiger partial charge in [-0.2, -0.15) is 0 Å². The molecule has 140 valence electrons. The average Bonchev–Trinajstić information content (AvgIpc) is 2.91. The minimum atomic E-state index is -0.342. The largest absolute Gasteiger partial charge is 0.457 e. The van der Waals surface area contributed by atoms with Gasteiger partial charge in [0.15, 0.2) is 0 Å². The van der Waals surface area contributed by atoms with Gasteiger partial charge in [0.05, 0.1) is 29.0 Å². The lowest BCUT2D eigenvalue weighted by molar-refractivity contribution is -0.0704. The van der Waals surface area contributed by atoms with Crippen molar-refractivity contribution in [1.29, 1.82) is 0 Å². The molecule has 3 rings (SSSR count). The summed E-state index contributed by atoms with van der Waals surface area (Å²) in [4.78, 5) is 14.6. The van der Waals surface area contributed by atoms with Gasteiger partial charge in [0.2, 0.25) is 0 Å². The second-order valence-electron chi connectivity index (χ2n) is 7.03. The van der Waals surface area contributed by atoms with Crippen molar-refractivity contribution in [3.63, 3.8) is 0 Å². The topological polar surface area (TPSA) is 64.8 Å². The molecule has 1 aliphatic rings. The fourth-order valence-corrected chi connectivity index (χ4v) is 3.35. The molecule has 0 bridgehead atoms. The zero-order valence-corrected chi connectivity index (χ0v) is 15.8. The second kappa shape index (κ2) is 8.01. The number of aromatic nitrogens is 1. The van der Waals surface area contributed by atoms with Gasteiger partial charge >= 0.3 is 5.97 Å². The number of benzene rings is 1. The third kappa shape index (κ3) is 4.51. The highest BCUT2D eigenvalue weighted by atomic mass is 16.5. The predicted octanol–water partition coefficient (Wildman–Crippen LogP) is 3.26. The molecule has 26 heavy (non-hydrogen) atoms.